The second-order valence-electron chi connectivity index (χ2n) is 6.16. The summed E-state index contributed by atoms with van der Waals surface area (Å²) >= 11 is 0. The Bertz CT molecular complexity index is 567. The van der Waals surface area contributed by atoms with Gasteiger partial charge in [0.25, 0.3) is 0 Å². The van der Waals surface area contributed by atoms with Gasteiger partial charge in [0, 0.05) is 13.1 Å². The number of sulfonamides is 1. The molecule has 0 aliphatic heterocycles. The molecule has 0 aromatic heterocycles. The highest BCUT2D eigenvalue weighted by atomic mass is 32.2. The lowest BCUT2D eigenvalue weighted by Crippen LogP contribution is -2.27. The minimum absolute atomic E-state index is 0.280. The van der Waals surface area contributed by atoms with Crippen LogP contribution in [0.4, 0.5) is 5.69 Å². The van der Waals surface area contributed by atoms with Gasteiger partial charge < -0.3 is 5.32 Å². The topological polar surface area (TPSA) is 58.2 Å². The minimum atomic E-state index is -3.44. The molecule has 0 spiro atoms. The number of para-hydroxylation sites is 1. The van der Waals surface area contributed by atoms with Crippen molar-refractivity contribution in [3.8, 4) is 0 Å². The van der Waals surface area contributed by atoms with Gasteiger partial charge in [-0.3, -0.25) is 0 Å². The van der Waals surface area contributed by atoms with Gasteiger partial charge in [0.05, 0.1) is 5.69 Å². The molecule has 1 saturated carbocycles. The fraction of sp³-hybridized carbons (Fsp3) is 0.600. The first-order chi connectivity index (χ1) is 9.37. The molecule has 1 aliphatic rings. The summed E-state index contributed by atoms with van der Waals surface area (Å²) < 4.78 is 27.6. The van der Waals surface area contributed by atoms with Crippen molar-refractivity contribution in [1.29, 1.82) is 0 Å². The van der Waals surface area contributed by atoms with E-state index in [1.807, 2.05) is 12.1 Å². The quantitative estimate of drug-likeness (QED) is 0.813. The van der Waals surface area contributed by atoms with Crippen molar-refractivity contribution < 1.29 is 8.42 Å². The van der Waals surface area contributed by atoms with E-state index >= 15 is 0 Å². The molecular formula is C15H24N2O2S. The maximum atomic E-state index is 12.4. The molecule has 0 heterocycles. The first kappa shape index (κ1) is 15.3. The minimum Gasteiger partial charge on any atom is -0.384 e. The maximum Gasteiger partial charge on any atom is 0.242 e. The van der Waals surface area contributed by atoms with Crippen LogP contribution in [0.3, 0.4) is 0 Å². The highest BCUT2D eigenvalue weighted by Crippen LogP contribution is 2.51. The molecule has 1 unspecified atom stereocenters. The molecule has 2 N–H and O–H groups in total. The van der Waals surface area contributed by atoms with Crippen molar-refractivity contribution >= 4 is 15.7 Å². The van der Waals surface area contributed by atoms with E-state index in [4.69, 9.17) is 0 Å². The molecule has 20 heavy (non-hydrogen) atoms. The van der Waals surface area contributed by atoms with E-state index < -0.39 is 10.0 Å². The van der Waals surface area contributed by atoms with Gasteiger partial charge in [0.1, 0.15) is 4.90 Å². The third-order valence-corrected chi connectivity index (χ3v) is 5.46. The SMILES string of the molecule is CCCNc1ccccc1S(=O)(=O)NCC1CC1(C)C. The third-order valence-electron chi connectivity index (χ3n) is 3.98. The molecule has 5 heteroatoms. The predicted octanol–water partition coefficient (Wildman–Crippen LogP) is 2.83. The second kappa shape index (κ2) is 5.74. The van der Waals surface area contributed by atoms with E-state index in [1.165, 1.54) is 0 Å². The van der Waals surface area contributed by atoms with Crippen molar-refractivity contribution in [3.63, 3.8) is 0 Å². The second-order valence-corrected chi connectivity index (χ2v) is 7.90. The van der Waals surface area contributed by atoms with Gasteiger partial charge in [0.2, 0.25) is 10.0 Å². The molecule has 2 rings (SSSR count). The van der Waals surface area contributed by atoms with Crippen LogP contribution in [-0.2, 0) is 10.0 Å². The molecular weight excluding hydrogens is 272 g/mol. The van der Waals surface area contributed by atoms with Gasteiger partial charge in [-0.15, -0.1) is 0 Å². The number of nitrogens with one attached hydrogen (secondary N) is 2. The summed E-state index contributed by atoms with van der Waals surface area (Å²) in [6.07, 6.45) is 2.04. The van der Waals surface area contributed by atoms with Gasteiger partial charge in [-0.2, -0.15) is 0 Å². The molecule has 0 amide bonds. The molecule has 1 aromatic rings. The molecule has 1 fully saturated rings. The van der Waals surface area contributed by atoms with E-state index in [0.717, 1.165) is 19.4 Å². The van der Waals surface area contributed by atoms with Crippen LogP contribution in [0.15, 0.2) is 29.2 Å². The van der Waals surface area contributed by atoms with E-state index in [-0.39, 0.29) is 5.41 Å². The van der Waals surface area contributed by atoms with Gasteiger partial charge in [-0.1, -0.05) is 32.9 Å². The molecule has 1 aliphatic carbocycles. The summed E-state index contributed by atoms with van der Waals surface area (Å²) in [4.78, 5) is 0.340. The fourth-order valence-electron chi connectivity index (χ4n) is 2.32. The maximum absolute atomic E-state index is 12.4. The van der Waals surface area contributed by atoms with E-state index in [9.17, 15) is 8.42 Å². The molecule has 4 nitrogen and oxygen atoms in total. The van der Waals surface area contributed by atoms with Gasteiger partial charge >= 0.3 is 0 Å². The number of rotatable bonds is 7. The normalized spacial score (nSPS) is 20.6. The zero-order valence-electron chi connectivity index (χ0n) is 12.4. The zero-order chi connectivity index (χ0) is 14.8. The Labute approximate surface area is 122 Å². The fourth-order valence-corrected chi connectivity index (χ4v) is 3.58. The Hall–Kier alpha value is -1.07. The first-order valence-corrected chi connectivity index (χ1v) is 8.68. The molecule has 0 bridgehead atoms. The standard InChI is InChI=1S/C15H24N2O2S/c1-4-9-16-13-7-5-6-8-14(13)20(18,19)17-11-12-10-15(12,2)3/h5-8,12,16-17H,4,9-11H2,1-3H3. The lowest BCUT2D eigenvalue weighted by atomic mass is 10.1. The van der Waals surface area contributed by atoms with E-state index in [0.29, 0.717) is 23.0 Å². The van der Waals surface area contributed by atoms with E-state index in [1.54, 1.807) is 12.1 Å². The van der Waals surface area contributed by atoms with E-state index in [2.05, 4.69) is 30.8 Å². The van der Waals surface area contributed by atoms with Crippen molar-refractivity contribution in [2.75, 3.05) is 18.4 Å². The Morgan fingerprint density at radius 2 is 1.95 bits per heavy atom. The van der Waals surface area contributed by atoms with Gasteiger partial charge in [-0.25, -0.2) is 13.1 Å². The molecule has 0 radical (unpaired) electrons. The van der Waals surface area contributed by atoms with Gasteiger partial charge in [-0.05, 0) is 36.3 Å². The van der Waals surface area contributed by atoms with Crippen molar-refractivity contribution in [3.05, 3.63) is 24.3 Å². The van der Waals surface area contributed by atoms with Crippen LogP contribution >= 0.6 is 0 Å². The predicted molar refractivity (Wildman–Crippen MR) is 82.3 cm³/mol. The molecule has 0 saturated heterocycles. The largest absolute Gasteiger partial charge is 0.384 e. The van der Waals surface area contributed by atoms with Crippen molar-refractivity contribution in [2.24, 2.45) is 11.3 Å². The van der Waals surface area contributed by atoms with Crippen LogP contribution < -0.4 is 10.0 Å². The summed E-state index contributed by atoms with van der Waals surface area (Å²) in [5, 5.41) is 3.17. The Morgan fingerprint density at radius 3 is 2.55 bits per heavy atom. The summed E-state index contributed by atoms with van der Waals surface area (Å²) in [5.74, 6) is 0.452. The summed E-state index contributed by atoms with van der Waals surface area (Å²) in [7, 11) is -3.44. The van der Waals surface area contributed by atoms with Crippen molar-refractivity contribution in [1.82, 2.24) is 4.72 Å². The lowest BCUT2D eigenvalue weighted by molar-refractivity contribution is 0.537. The summed E-state index contributed by atoms with van der Waals surface area (Å²) in [6.45, 7) is 7.68. The number of hydrogen-bond acceptors (Lipinski definition) is 3. The van der Waals surface area contributed by atoms with Crippen LogP contribution in [0, 0.1) is 11.3 Å². The van der Waals surface area contributed by atoms with Crippen LogP contribution in [0.2, 0.25) is 0 Å². The first-order valence-electron chi connectivity index (χ1n) is 7.19. The van der Waals surface area contributed by atoms with Crippen molar-refractivity contribution in [2.45, 2.75) is 38.5 Å². The van der Waals surface area contributed by atoms with Crippen LogP contribution in [0.5, 0.6) is 0 Å². The zero-order valence-corrected chi connectivity index (χ0v) is 13.3. The lowest BCUT2D eigenvalue weighted by Gasteiger charge is -2.13. The summed E-state index contributed by atoms with van der Waals surface area (Å²) in [5.41, 5.74) is 0.958. The Balaban J connectivity index is 2.08. The van der Waals surface area contributed by atoms with Gasteiger partial charge in [0.15, 0.2) is 0 Å². The Morgan fingerprint density at radius 1 is 1.30 bits per heavy atom. The third kappa shape index (κ3) is 3.52. The number of hydrogen-bond donors (Lipinski definition) is 2. The molecule has 112 valence electrons. The highest BCUT2D eigenvalue weighted by molar-refractivity contribution is 7.89. The Kier molecular flexibility index (Phi) is 4.39. The molecule has 1 aromatic carbocycles. The van der Waals surface area contributed by atoms with Crippen LogP contribution in [0.25, 0.3) is 0 Å². The van der Waals surface area contributed by atoms with Crippen LogP contribution in [-0.4, -0.2) is 21.5 Å². The number of benzene rings is 1. The molecule has 1 atom stereocenters. The summed E-state index contributed by atoms with van der Waals surface area (Å²) in [6, 6.07) is 7.07. The average Bonchev–Trinajstić information content (AvgIpc) is 3.02. The van der Waals surface area contributed by atoms with Crippen LogP contribution in [0.1, 0.15) is 33.6 Å². The average molecular weight is 296 g/mol. The highest BCUT2D eigenvalue weighted by Gasteiger charge is 2.45. The number of anilines is 1. The monoisotopic (exact) mass is 296 g/mol. The smallest absolute Gasteiger partial charge is 0.242 e.